The Morgan fingerprint density at radius 2 is 2.07 bits per heavy atom. The molecule has 0 atom stereocenters. The van der Waals surface area contributed by atoms with Crippen LogP contribution in [0.2, 0.25) is 5.02 Å². The standard InChI is InChI=1S/C20H20ClN3O3/c1-4-5-13-8-14(9-17(26-2)19(13)27-3)20(25)22-10-16-12-24-11-15(21)6-7-18(24)23-16/h4-9,11-12H,10H2,1-3H3,(H,22,25). The number of ether oxygens (including phenoxy) is 2. The van der Waals surface area contributed by atoms with Crippen molar-refractivity contribution in [2.45, 2.75) is 13.5 Å². The lowest BCUT2D eigenvalue weighted by atomic mass is 10.1. The van der Waals surface area contributed by atoms with Gasteiger partial charge >= 0.3 is 0 Å². The van der Waals surface area contributed by atoms with Crippen molar-refractivity contribution in [2.24, 2.45) is 0 Å². The summed E-state index contributed by atoms with van der Waals surface area (Å²) in [5.74, 6) is 0.863. The summed E-state index contributed by atoms with van der Waals surface area (Å²) in [4.78, 5) is 17.1. The maximum atomic E-state index is 12.6. The molecule has 0 unspecified atom stereocenters. The third-order valence-corrected chi connectivity index (χ3v) is 4.23. The second-order valence-corrected chi connectivity index (χ2v) is 6.27. The van der Waals surface area contributed by atoms with Gasteiger partial charge in [0.1, 0.15) is 5.65 Å². The molecule has 3 rings (SSSR count). The highest BCUT2D eigenvalue weighted by atomic mass is 35.5. The van der Waals surface area contributed by atoms with E-state index in [1.54, 1.807) is 38.6 Å². The average molecular weight is 386 g/mol. The predicted octanol–water partition coefficient (Wildman–Crippen LogP) is 3.97. The van der Waals surface area contributed by atoms with Crippen molar-refractivity contribution in [3.05, 3.63) is 64.6 Å². The van der Waals surface area contributed by atoms with Crippen LogP contribution in [0.1, 0.15) is 28.5 Å². The lowest BCUT2D eigenvalue weighted by Gasteiger charge is -2.13. The number of allylic oxidation sites excluding steroid dienone is 1. The van der Waals surface area contributed by atoms with E-state index in [4.69, 9.17) is 21.1 Å². The number of halogens is 1. The molecule has 0 spiro atoms. The van der Waals surface area contributed by atoms with Crippen LogP contribution in [0.4, 0.5) is 0 Å². The largest absolute Gasteiger partial charge is 0.493 e. The molecule has 0 fully saturated rings. The minimum absolute atomic E-state index is 0.225. The number of imidazole rings is 1. The number of aromatic nitrogens is 2. The molecule has 0 bridgehead atoms. The molecule has 1 aromatic carbocycles. The zero-order valence-corrected chi connectivity index (χ0v) is 16.1. The van der Waals surface area contributed by atoms with Gasteiger partial charge in [-0.05, 0) is 31.2 Å². The van der Waals surface area contributed by atoms with E-state index in [9.17, 15) is 4.79 Å². The van der Waals surface area contributed by atoms with Gasteiger partial charge < -0.3 is 19.2 Å². The first-order valence-electron chi connectivity index (χ1n) is 8.35. The van der Waals surface area contributed by atoms with E-state index in [2.05, 4.69) is 10.3 Å². The molecule has 0 aliphatic carbocycles. The monoisotopic (exact) mass is 385 g/mol. The van der Waals surface area contributed by atoms with Crippen LogP contribution in [0.25, 0.3) is 11.7 Å². The van der Waals surface area contributed by atoms with Crippen molar-refractivity contribution in [1.29, 1.82) is 0 Å². The molecule has 140 valence electrons. The van der Waals surface area contributed by atoms with E-state index in [0.29, 0.717) is 28.6 Å². The van der Waals surface area contributed by atoms with Crippen LogP contribution >= 0.6 is 11.6 Å². The van der Waals surface area contributed by atoms with Crippen molar-refractivity contribution in [2.75, 3.05) is 14.2 Å². The lowest BCUT2D eigenvalue weighted by Crippen LogP contribution is -2.23. The Hall–Kier alpha value is -2.99. The van der Waals surface area contributed by atoms with Crippen LogP contribution in [-0.2, 0) is 6.54 Å². The molecule has 0 saturated heterocycles. The topological polar surface area (TPSA) is 64.9 Å². The van der Waals surface area contributed by atoms with Gasteiger partial charge in [0.2, 0.25) is 0 Å². The summed E-state index contributed by atoms with van der Waals surface area (Å²) in [5.41, 5.74) is 2.75. The molecular weight excluding hydrogens is 366 g/mol. The summed E-state index contributed by atoms with van der Waals surface area (Å²) in [6.45, 7) is 2.19. The van der Waals surface area contributed by atoms with Gasteiger partial charge in [0.15, 0.2) is 11.5 Å². The summed E-state index contributed by atoms with van der Waals surface area (Å²) < 4.78 is 12.6. The van der Waals surface area contributed by atoms with Crippen LogP contribution in [-0.4, -0.2) is 29.5 Å². The Morgan fingerprint density at radius 1 is 1.26 bits per heavy atom. The van der Waals surface area contributed by atoms with Gasteiger partial charge in [-0.1, -0.05) is 23.8 Å². The summed E-state index contributed by atoms with van der Waals surface area (Å²) in [7, 11) is 3.11. The van der Waals surface area contributed by atoms with Crippen LogP contribution < -0.4 is 14.8 Å². The predicted molar refractivity (Wildman–Crippen MR) is 106 cm³/mol. The second kappa shape index (κ2) is 8.14. The van der Waals surface area contributed by atoms with Crippen LogP contribution in [0.3, 0.4) is 0 Å². The van der Waals surface area contributed by atoms with Crippen molar-refractivity contribution < 1.29 is 14.3 Å². The Labute approximate surface area is 162 Å². The molecule has 6 nitrogen and oxygen atoms in total. The fraction of sp³-hybridized carbons (Fsp3) is 0.200. The third-order valence-electron chi connectivity index (χ3n) is 4.01. The minimum Gasteiger partial charge on any atom is -0.493 e. The highest BCUT2D eigenvalue weighted by molar-refractivity contribution is 6.30. The molecule has 0 radical (unpaired) electrons. The zero-order valence-electron chi connectivity index (χ0n) is 15.3. The smallest absolute Gasteiger partial charge is 0.251 e. The molecule has 1 amide bonds. The molecule has 7 heteroatoms. The molecule has 0 aliphatic rings. The number of nitrogens with one attached hydrogen (secondary N) is 1. The molecule has 27 heavy (non-hydrogen) atoms. The molecule has 2 aromatic heterocycles. The second-order valence-electron chi connectivity index (χ2n) is 5.83. The number of rotatable bonds is 6. The van der Waals surface area contributed by atoms with Gasteiger partial charge in [-0.25, -0.2) is 4.98 Å². The summed E-state index contributed by atoms with van der Waals surface area (Å²) in [5, 5.41) is 3.50. The maximum absolute atomic E-state index is 12.6. The number of fused-ring (bicyclic) bond motifs is 1. The average Bonchev–Trinajstić information content (AvgIpc) is 3.07. The maximum Gasteiger partial charge on any atom is 0.251 e. The summed E-state index contributed by atoms with van der Waals surface area (Å²) in [6.07, 6.45) is 7.35. The van der Waals surface area contributed by atoms with Gasteiger partial charge in [0.05, 0.1) is 31.5 Å². The summed E-state index contributed by atoms with van der Waals surface area (Å²) >= 11 is 5.98. The highest BCUT2D eigenvalue weighted by Crippen LogP contribution is 2.33. The van der Waals surface area contributed by atoms with Gasteiger partial charge in [0, 0.05) is 23.5 Å². The normalized spacial score (nSPS) is 11.1. The lowest BCUT2D eigenvalue weighted by molar-refractivity contribution is 0.0950. The van der Waals surface area contributed by atoms with E-state index >= 15 is 0 Å². The van der Waals surface area contributed by atoms with Crippen molar-refractivity contribution in [1.82, 2.24) is 14.7 Å². The van der Waals surface area contributed by atoms with Crippen LogP contribution in [0.15, 0.2) is 42.7 Å². The Kier molecular flexibility index (Phi) is 5.66. The van der Waals surface area contributed by atoms with E-state index in [0.717, 1.165) is 16.9 Å². The number of amides is 1. The number of carbonyl (C=O) groups is 1. The molecule has 1 N–H and O–H groups in total. The van der Waals surface area contributed by atoms with Crippen molar-refractivity contribution in [3.63, 3.8) is 0 Å². The number of pyridine rings is 1. The quantitative estimate of drug-likeness (QED) is 0.697. The number of carbonyl (C=O) groups excluding carboxylic acids is 1. The molecule has 3 aromatic rings. The molecular formula is C20H20ClN3O3. The van der Waals surface area contributed by atoms with Gasteiger partial charge in [-0.2, -0.15) is 0 Å². The Bertz CT molecular complexity index is 1010. The third kappa shape index (κ3) is 4.06. The number of hydrogen-bond donors (Lipinski definition) is 1. The van der Waals surface area contributed by atoms with E-state index in [-0.39, 0.29) is 5.91 Å². The van der Waals surface area contributed by atoms with Gasteiger partial charge in [-0.3, -0.25) is 4.79 Å². The minimum atomic E-state index is -0.225. The van der Waals surface area contributed by atoms with Crippen LogP contribution in [0.5, 0.6) is 11.5 Å². The first-order valence-corrected chi connectivity index (χ1v) is 8.73. The molecule has 0 saturated carbocycles. The molecule has 0 aliphatic heterocycles. The number of hydrogen-bond acceptors (Lipinski definition) is 4. The number of nitrogens with zero attached hydrogens (tertiary/aromatic N) is 2. The first kappa shape index (κ1) is 18.8. The Morgan fingerprint density at radius 3 is 2.78 bits per heavy atom. The first-order chi connectivity index (χ1) is 13.0. The number of benzene rings is 1. The Balaban J connectivity index is 1.81. The highest BCUT2D eigenvalue weighted by Gasteiger charge is 2.15. The van der Waals surface area contributed by atoms with Crippen molar-refractivity contribution >= 4 is 29.2 Å². The van der Waals surface area contributed by atoms with Gasteiger partial charge in [0.25, 0.3) is 5.91 Å². The molecule has 2 heterocycles. The summed E-state index contributed by atoms with van der Waals surface area (Å²) in [6, 6.07) is 7.02. The van der Waals surface area contributed by atoms with Gasteiger partial charge in [-0.15, -0.1) is 0 Å². The van der Waals surface area contributed by atoms with E-state index < -0.39 is 0 Å². The van der Waals surface area contributed by atoms with Crippen LogP contribution in [0, 0.1) is 0 Å². The zero-order chi connectivity index (χ0) is 19.4. The van der Waals surface area contributed by atoms with Crippen molar-refractivity contribution in [3.8, 4) is 11.5 Å². The van der Waals surface area contributed by atoms with E-state index in [1.165, 1.54) is 0 Å². The fourth-order valence-electron chi connectivity index (χ4n) is 2.80. The number of methoxy groups -OCH3 is 2. The fourth-order valence-corrected chi connectivity index (χ4v) is 2.97. The SMILES string of the molecule is CC=Cc1cc(C(=O)NCc2cn3cc(Cl)ccc3n2)cc(OC)c1OC. The van der Waals surface area contributed by atoms with E-state index in [1.807, 2.05) is 35.7 Å².